The molecule has 0 saturated carbocycles. The molecule has 0 aromatic heterocycles. The van der Waals surface area contributed by atoms with Gasteiger partial charge in [0.2, 0.25) is 11.8 Å². The van der Waals surface area contributed by atoms with E-state index in [4.69, 9.17) is 4.74 Å². The molecule has 7 heteroatoms. The van der Waals surface area contributed by atoms with Crippen molar-refractivity contribution in [2.45, 2.75) is 33.6 Å². The number of para-hydroxylation sites is 2. The molecule has 2 rings (SSSR count). The Kier molecular flexibility index (Phi) is 7.21. The molecule has 1 fully saturated rings. The van der Waals surface area contributed by atoms with E-state index in [0.717, 1.165) is 0 Å². The van der Waals surface area contributed by atoms with Gasteiger partial charge in [-0.05, 0) is 31.4 Å². The average Bonchev–Trinajstić information content (AvgIpc) is 3.00. The number of benzene rings is 1. The molecular formula is C20H28N2O5. The first-order valence-electron chi connectivity index (χ1n) is 9.36. The molecule has 0 bridgehead atoms. The van der Waals surface area contributed by atoms with Gasteiger partial charge < -0.3 is 20.1 Å². The van der Waals surface area contributed by atoms with Crippen LogP contribution in [0.2, 0.25) is 0 Å². The molecule has 1 saturated heterocycles. The lowest BCUT2D eigenvalue weighted by Gasteiger charge is -2.20. The summed E-state index contributed by atoms with van der Waals surface area (Å²) in [5, 5.41) is 12.0. The topological polar surface area (TPSA) is 95.9 Å². The van der Waals surface area contributed by atoms with Gasteiger partial charge in [-0.25, -0.2) is 0 Å². The number of rotatable bonds is 9. The molecule has 27 heavy (non-hydrogen) atoms. The highest BCUT2D eigenvalue weighted by Crippen LogP contribution is 2.33. The fourth-order valence-electron chi connectivity index (χ4n) is 3.28. The highest BCUT2D eigenvalue weighted by Gasteiger charge is 2.36. The largest absolute Gasteiger partial charge is 0.492 e. The van der Waals surface area contributed by atoms with Crippen molar-refractivity contribution >= 4 is 23.5 Å². The lowest BCUT2D eigenvalue weighted by molar-refractivity contribution is -0.142. The smallest absolute Gasteiger partial charge is 0.308 e. The van der Waals surface area contributed by atoms with Crippen LogP contribution < -0.4 is 15.0 Å². The first-order valence-corrected chi connectivity index (χ1v) is 9.36. The second-order valence-corrected chi connectivity index (χ2v) is 7.22. The number of aliphatic carboxylic acids is 1. The molecule has 1 heterocycles. The summed E-state index contributed by atoms with van der Waals surface area (Å²) in [6, 6.07) is 7.25. The SMILES string of the molecule is CCOc1ccccc1N1CC(C(=O)NCC(CC(C)C)C(=O)O)CC1=O. The summed E-state index contributed by atoms with van der Waals surface area (Å²) < 4.78 is 5.58. The van der Waals surface area contributed by atoms with Crippen LogP contribution in [0.4, 0.5) is 5.69 Å². The fraction of sp³-hybridized carbons (Fsp3) is 0.550. The summed E-state index contributed by atoms with van der Waals surface area (Å²) in [5.74, 6) is -1.63. The number of carboxylic acids is 1. The van der Waals surface area contributed by atoms with Crippen LogP contribution in [0.1, 0.15) is 33.6 Å². The van der Waals surface area contributed by atoms with E-state index in [2.05, 4.69) is 5.32 Å². The number of nitrogens with zero attached hydrogens (tertiary/aromatic N) is 1. The first kappa shape index (κ1) is 20.7. The number of carbonyl (C=O) groups is 3. The monoisotopic (exact) mass is 376 g/mol. The van der Waals surface area contributed by atoms with E-state index in [1.165, 1.54) is 0 Å². The lowest BCUT2D eigenvalue weighted by Crippen LogP contribution is -2.38. The normalized spacial score (nSPS) is 17.9. The summed E-state index contributed by atoms with van der Waals surface area (Å²) in [4.78, 5) is 37.8. The van der Waals surface area contributed by atoms with Crippen molar-refractivity contribution in [1.82, 2.24) is 5.32 Å². The predicted octanol–water partition coefficient (Wildman–Crippen LogP) is 2.30. The number of carboxylic acid groups (broad SMARTS) is 1. The number of nitrogens with one attached hydrogen (secondary N) is 1. The summed E-state index contributed by atoms with van der Waals surface area (Å²) in [6.45, 7) is 6.58. The standard InChI is InChI=1S/C20H28N2O5/c1-4-27-17-8-6-5-7-16(17)22-12-15(10-18(22)23)19(24)21-11-14(20(25)26)9-13(2)3/h5-8,13-15H,4,9-12H2,1-3H3,(H,21,24)(H,25,26). The van der Waals surface area contributed by atoms with E-state index in [1.54, 1.807) is 17.0 Å². The molecular weight excluding hydrogens is 348 g/mol. The van der Waals surface area contributed by atoms with Crippen LogP contribution in [0.5, 0.6) is 5.75 Å². The third-order valence-corrected chi connectivity index (χ3v) is 4.58. The summed E-state index contributed by atoms with van der Waals surface area (Å²) in [6.07, 6.45) is 0.598. The molecule has 0 aliphatic carbocycles. The minimum absolute atomic E-state index is 0.0760. The Labute approximate surface area is 159 Å². The lowest BCUT2D eigenvalue weighted by atomic mass is 9.97. The molecule has 148 valence electrons. The Morgan fingerprint density at radius 3 is 2.67 bits per heavy atom. The molecule has 7 nitrogen and oxygen atoms in total. The second kappa shape index (κ2) is 9.39. The Hall–Kier alpha value is -2.57. The van der Waals surface area contributed by atoms with Gasteiger partial charge >= 0.3 is 5.97 Å². The number of anilines is 1. The van der Waals surface area contributed by atoms with Crippen molar-refractivity contribution in [2.24, 2.45) is 17.8 Å². The van der Waals surface area contributed by atoms with Crippen molar-refractivity contribution in [3.05, 3.63) is 24.3 Å². The average molecular weight is 376 g/mol. The Morgan fingerprint density at radius 1 is 1.33 bits per heavy atom. The van der Waals surface area contributed by atoms with E-state index in [-0.39, 0.29) is 37.2 Å². The van der Waals surface area contributed by atoms with Crippen molar-refractivity contribution in [3.63, 3.8) is 0 Å². The summed E-state index contributed by atoms with van der Waals surface area (Å²) >= 11 is 0. The fourth-order valence-corrected chi connectivity index (χ4v) is 3.28. The number of ether oxygens (including phenoxy) is 1. The second-order valence-electron chi connectivity index (χ2n) is 7.22. The number of carbonyl (C=O) groups excluding carboxylic acids is 2. The number of hydrogen-bond donors (Lipinski definition) is 2. The minimum Gasteiger partial charge on any atom is -0.492 e. The van der Waals surface area contributed by atoms with E-state index in [9.17, 15) is 19.5 Å². The Morgan fingerprint density at radius 2 is 2.04 bits per heavy atom. The molecule has 2 unspecified atom stereocenters. The van der Waals surface area contributed by atoms with Gasteiger partial charge in [0.15, 0.2) is 0 Å². The van der Waals surface area contributed by atoms with E-state index < -0.39 is 17.8 Å². The van der Waals surface area contributed by atoms with Gasteiger partial charge in [-0.2, -0.15) is 0 Å². The zero-order valence-electron chi connectivity index (χ0n) is 16.1. The van der Waals surface area contributed by atoms with Gasteiger partial charge in [0, 0.05) is 19.5 Å². The van der Waals surface area contributed by atoms with Crippen molar-refractivity contribution < 1.29 is 24.2 Å². The van der Waals surface area contributed by atoms with Gasteiger partial charge in [0.1, 0.15) is 5.75 Å². The molecule has 1 aliphatic heterocycles. The van der Waals surface area contributed by atoms with E-state index >= 15 is 0 Å². The first-order chi connectivity index (χ1) is 12.8. The van der Waals surface area contributed by atoms with E-state index in [0.29, 0.717) is 24.5 Å². The highest BCUT2D eigenvalue weighted by atomic mass is 16.5. The van der Waals surface area contributed by atoms with Gasteiger partial charge in [-0.1, -0.05) is 26.0 Å². The Bertz CT molecular complexity index is 689. The maximum atomic E-state index is 12.5. The molecule has 2 N–H and O–H groups in total. The molecule has 1 aromatic carbocycles. The zero-order valence-corrected chi connectivity index (χ0v) is 16.1. The van der Waals surface area contributed by atoms with Gasteiger partial charge in [0.05, 0.1) is 24.1 Å². The quantitative estimate of drug-likeness (QED) is 0.689. The van der Waals surface area contributed by atoms with Gasteiger partial charge in [0.25, 0.3) is 0 Å². The third kappa shape index (κ3) is 5.45. The van der Waals surface area contributed by atoms with Crippen molar-refractivity contribution in [2.75, 3.05) is 24.6 Å². The number of amides is 2. The van der Waals surface area contributed by atoms with E-state index in [1.807, 2.05) is 32.9 Å². The van der Waals surface area contributed by atoms with Crippen LogP contribution in [0, 0.1) is 17.8 Å². The van der Waals surface area contributed by atoms with Crippen LogP contribution in [0.3, 0.4) is 0 Å². The summed E-state index contributed by atoms with van der Waals surface area (Å²) in [7, 11) is 0. The molecule has 1 aliphatic rings. The maximum absolute atomic E-state index is 12.5. The number of hydrogen-bond acceptors (Lipinski definition) is 4. The van der Waals surface area contributed by atoms with Crippen molar-refractivity contribution in [3.8, 4) is 5.75 Å². The van der Waals surface area contributed by atoms with Gasteiger partial charge in [-0.15, -0.1) is 0 Å². The molecule has 0 radical (unpaired) electrons. The molecule has 2 atom stereocenters. The maximum Gasteiger partial charge on any atom is 0.308 e. The molecule has 1 aromatic rings. The van der Waals surface area contributed by atoms with Crippen LogP contribution in [-0.2, 0) is 14.4 Å². The van der Waals surface area contributed by atoms with Crippen LogP contribution >= 0.6 is 0 Å². The molecule has 2 amide bonds. The third-order valence-electron chi connectivity index (χ3n) is 4.58. The predicted molar refractivity (Wildman–Crippen MR) is 102 cm³/mol. The van der Waals surface area contributed by atoms with Crippen LogP contribution in [0.25, 0.3) is 0 Å². The minimum atomic E-state index is -0.918. The van der Waals surface area contributed by atoms with Crippen LogP contribution in [0.15, 0.2) is 24.3 Å². The highest BCUT2D eigenvalue weighted by molar-refractivity contribution is 6.01. The van der Waals surface area contributed by atoms with Crippen LogP contribution in [-0.4, -0.2) is 42.6 Å². The molecule has 0 spiro atoms. The zero-order chi connectivity index (χ0) is 20.0. The van der Waals surface area contributed by atoms with Gasteiger partial charge in [-0.3, -0.25) is 14.4 Å². The van der Waals surface area contributed by atoms with Crippen molar-refractivity contribution in [1.29, 1.82) is 0 Å². The summed E-state index contributed by atoms with van der Waals surface area (Å²) in [5.41, 5.74) is 0.655. The Balaban J connectivity index is 2.00.